The molecular formula is C39H35NSSi. The summed E-state index contributed by atoms with van der Waals surface area (Å²) in [5.41, 5.74) is 15.5. The largest absolute Gasteiger partial charge is 0.398 e. The molecule has 0 aromatic heterocycles. The third-order valence-electron chi connectivity index (χ3n) is 7.88. The van der Waals surface area contributed by atoms with Crippen LogP contribution in [0.5, 0.6) is 0 Å². The number of nitrogen functional groups attached to an aromatic ring is 1. The second kappa shape index (κ2) is 11.5. The first-order chi connectivity index (χ1) is 20.3. The lowest BCUT2D eigenvalue weighted by molar-refractivity contribution is 1.47. The number of fused-ring (bicyclic) bond motifs is 1. The highest BCUT2D eigenvalue weighted by Gasteiger charge is 2.16. The van der Waals surface area contributed by atoms with E-state index in [1.807, 2.05) is 24.3 Å². The highest BCUT2D eigenvalue weighted by molar-refractivity contribution is 8.08. The van der Waals surface area contributed by atoms with Gasteiger partial charge in [0.15, 0.2) is 0 Å². The van der Waals surface area contributed by atoms with E-state index in [0.29, 0.717) is 0 Å². The Morgan fingerprint density at radius 2 is 1.02 bits per heavy atom. The van der Waals surface area contributed by atoms with Crippen LogP contribution in [0.2, 0.25) is 19.6 Å². The first-order valence-electron chi connectivity index (χ1n) is 14.3. The van der Waals surface area contributed by atoms with Crippen LogP contribution >= 0.6 is 11.8 Å². The van der Waals surface area contributed by atoms with Gasteiger partial charge in [-0.15, -0.1) is 0 Å². The van der Waals surface area contributed by atoms with Gasteiger partial charge in [-0.2, -0.15) is 0 Å². The van der Waals surface area contributed by atoms with Crippen molar-refractivity contribution < 1.29 is 0 Å². The van der Waals surface area contributed by atoms with Gasteiger partial charge in [-0.1, -0.05) is 164 Å². The summed E-state index contributed by atoms with van der Waals surface area (Å²) in [7, 11) is -1.29. The molecule has 0 atom stereocenters. The molecule has 6 aromatic rings. The van der Waals surface area contributed by atoms with E-state index >= 15 is 0 Å². The van der Waals surface area contributed by atoms with E-state index in [2.05, 4.69) is 135 Å². The summed E-state index contributed by atoms with van der Waals surface area (Å²) in [6.45, 7) is 11.6. The molecular weight excluding hydrogens is 543 g/mol. The van der Waals surface area contributed by atoms with E-state index in [9.17, 15) is 0 Å². The van der Waals surface area contributed by atoms with Crippen molar-refractivity contribution in [2.24, 2.45) is 0 Å². The van der Waals surface area contributed by atoms with Crippen LogP contribution in [-0.4, -0.2) is 8.07 Å². The van der Waals surface area contributed by atoms with Gasteiger partial charge in [0.25, 0.3) is 0 Å². The number of thioether (sulfide) groups is 1. The van der Waals surface area contributed by atoms with Gasteiger partial charge >= 0.3 is 0 Å². The fourth-order valence-electron chi connectivity index (χ4n) is 5.42. The second-order valence-electron chi connectivity index (χ2n) is 11.8. The molecule has 3 heteroatoms. The topological polar surface area (TPSA) is 26.0 Å². The van der Waals surface area contributed by atoms with E-state index in [-0.39, 0.29) is 0 Å². The predicted octanol–water partition coefficient (Wildman–Crippen LogP) is 10.7. The first-order valence-corrected chi connectivity index (χ1v) is 18.6. The summed E-state index contributed by atoms with van der Waals surface area (Å²) in [4.78, 5) is 2.01. The van der Waals surface area contributed by atoms with Crippen LogP contribution in [0.15, 0.2) is 145 Å². The molecule has 6 rings (SSSR count). The van der Waals surface area contributed by atoms with Crippen molar-refractivity contribution in [3.8, 4) is 33.4 Å². The van der Waals surface area contributed by atoms with Gasteiger partial charge in [-0.3, -0.25) is 0 Å². The molecule has 206 valence electrons. The Labute approximate surface area is 254 Å². The second-order valence-corrected chi connectivity index (χ2v) is 18.0. The summed E-state index contributed by atoms with van der Waals surface area (Å²) >= 11 is 1.62. The summed E-state index contributed by atoms with van der Waals surface area (Å²) in [5.74, 6) is 0. The zero-order chi connectivity index (χ0) is 29.3. The normalized spacial score (nSPS) is 11.5. The number of rotatable bonds is 7. The number of hydrogen-bond acceptors (Lipinski definition) is 2. The maximum Gasteiger partial charge on any atom is 0.0775 e. The molecule has 6 aromatic carbocycles. The van der Waals surface area contributed by atoms with Gasteiger partial charge in [0.2, 0.25) is 0 Å². The van der Waals surface area contributed by atoms with E-state index in [0.717, 1.165) is 21.1 Å². The van der Waals surface area contributed by atoms with Crippen molar-refractivity contribution in [2.45, 2.75) is 24.5 Å². The monoisotopic (exact) mass is 577 g/mol. The predicted molar refractivity (Wildman–Crippen MR) is 189 cm³/mol. The average molecular weight is 578 g/mol. The minimum absolute atomic E-state index is 0.774. The zero-order valence-corrected chi connectivity index (χ0v) is 26.2. The molecule has 0 saturated heterocycles. The van der Waals surface area contributed by atoms with Gasteiger partial charge in [0, 0.05) is 15.5 Å². The summed E-state index contributed by atoms with van der Waals surface area (Å²) in [5, 5.41) is 3.90. The number of nitrogens with two attached hydrogens (primary N) is 1. The minimum atomic E-state index is -1.29. The average Bonchev–Trinajstić information content (AvgIpc) is 3.01. The van der Waals surface area contributed by atoms with Crippen LogP contribution in [0.4, 0.5) is 5.69 Å². The lowest BCUT2D eigenvalue weighted by Crippen LogP contribution is -2.37. The minimum Gasteiger partial charge on any atom is -0.398 e. The number of benzene rings is 6. The first kappa shape index (κ1) is 27.8. The maximum atomic E-state index is 6.20. The van der Waals surface area contributed by atoms with E-state index in [1.165, 1.54) is 49.3 Å². The van der Waals surface area contributed by atoms with Crippen LogP contribution < -0.4 is 10.9 Å². The molecule has 0 fully saturated rings. The fourth-order valence-corrected chi connectivity index (χ4v) is 7.47. The molecule has 0 unspecified atom stereocenters. The highest BCUT2D eigenvalue weighted by Crippen LogP contribution is 2.41. The van der Waals surface area contributed by atoms with Gasteiger partial charge in [0.05, 0.1) is 8.07 Å². The van der Waals surface area contributed by atoms with Crippen molar-refractivity contribution in [3.63, 3.8) is 0 Å². The highest BCUT2D eigenvalue weighted by atomic mass is 32.2. The third kappa shape index (κ3) is 5.71. The van der Waals surface area contributed by atoms with Crippen molar-refractivity contribution in [2.75, 3.05) is 5.73 Å². The molecule has 0 aliphatic rings. The maximum absolute atomic E-state index is 6.20. The Balaban J connectivity index is 1.25. The Morgan fingerprint density at radius 3 is 1.57 bits per heavy atom. The van der Waals surface area contributed by atoms with E-state index < -0.39 is 8.07 Å². The van der Waals surface area contributed by atoms with Crippen LogP contribution in [0.25, 0.3) is 49.1 Å². The van der Waals surface area contributed by atoms with E-state index in [1.54, 1.807) is 11.8 Å². The standard InChI is InChI=1S/C39H35NSSi/c1-27(41-39-12-8-7-11-38(39)40)34-25-26-35(37-10-6-5-9-36(34)37)32-19-17-30(18-20-32)28-13-15-29(16-14-28)31-21-23-33(24-22-31)42(2,3)4/h5-26H,1,40H2,2-4H3. The molecule has 0 aliphatic carbocycles. The Hall–Kier alpha value is -4.31. The van der Waals surface area contributed by atoms with Crippen molar-refractivity contribution in [3.05, 3.63) is 146 Å². The summed E-state index contributed by atoms with van der Waals surface area (Å²) < 4.78 is 0. The quantitative estimate of drug-likeness (QED) is 0.116. The van der Waals surface area contributed by atoms with Crippen LogP contribution in [0, 0.1) is 0 Å². The Kier molecular flexibility index (Phi) is 7.63. The SMILES string of the molecule is C=C(Sc1ccccc1N)c1ccc(-c2ccc(-c3ccc(-c4ccc([Si](C)(C)C)cc4)cc3)cc2)c2ccccc12. The number of para-hydroxylation sites is 1. The van der Waals surface area contributed by atoms with Crippen LogP contribution in [0.3, 0.4) is 0 Å². The lowest BCUT2D eigenvalue weighted by atomic mass is 9.93. The molecule has 0 bridgehead atoms. The smallest absolute Gasteiger partial charge is 0.0775 e. The molecule has 0 aliphatic heterocycles. The van der Waals surface area contributed by atoms with Crippen molar-refractivity contribution in [1.82, 2.24) is 0 Å². The summed E-state index contributed by atoms with van der Waals surface area (Å²) in [6.07, 6.45) is 0. The molecule has 0 amide bonds. The van der Waals surface area contributed by atoms with Crippen LogP contribution in [0.1, 0.15) is 5.56 Å². The molecule has 0 radical (unpaired) electrons. The van der Waals surface area contributed by atoms with Crippen LogP contribution in [-0.2, 0) is 0 Å². The Bertz CT molecular complexity index is 1880. The molecule has 0 saturated carbocycles. The van der Waals surface area contributed by atoms with Gasteiger partial charge < -0.3 is 5.73 Å². The van der Waals surface area contributed by atoms with Crippen molar-refractivity contribution in [1.29, 1.82) is 0 Å². The zero-order valence-electron chi connectivity index (χ0n) is 24.4. The third-order valence-corrected chi connectivity index (χ3v) is 11.0. The Morgan fingerprint density at radius 1 is 0.548 bits per heavy atom. The number of anilines is 1. The molecule has 1 nitrogen and oxygen atoms in total. The lowest BCUT2D eigenvalue weighted by Gasteiger charge is -2.17. The van der Waals surface area contributed by atoms with Crippen molar-refractivity contribution >= 4 is 46.4 Å². The van der Waals surface area contributed by atoms with Gasteiger partial charge in [0.1, 0.15) is 0 Å². The molecule has 2 N–H and O–H groups in total. The fraction of sp³-hybridized carbons (Fsp3) is 0.0769. The molecule has 0 heterocycles. The van der Waals surface area contributed by atoms with E-state index in [4.69, 9.17) is 5.73 Å². The van der Waals surface area contributed by atoms with Gasteiger partial charge in [-0.05, 0) is 61.8 Å². The van der Waals surface area contributed by atoms with Gasteiger partial charge in [-0.25, -0.2) is 0 Å². The molecule has 0 spiro atoms. The number of hydrogen-bond donors (Lipinski definition) is 1. The molecule has 42 heavy (non-hydrogen) atoms. The summed E-state index contributed by atoms with van der Waals surface area (Å²) in [6, 6.07) is 47.9.